The Kier molecular flexibility index (Phi) is 4.65. The van der Waals surface area contributed by atoms with E-state index >= 15 is 0 Å². The first-order valence-corrected chi connectivity index (χ1v) is 9.68. The Morgan fingerprint density at radius 1 is 0.966 bits per heavy atom. The van der Waals surface area contributed by atoms with Gasteiger partial charge >= 0.3 is 0 Å². The number of rotatable bonds is 4. The highest BCUT2D eigenvalue weighted by Crippen LogP contribution is 2.33. The van der Waals surface area contributed by atoms with Crippen LogP contribution in [0.3, 0.4) is 0 Å². The van der Waals surface area contributed by atoms with Crippen molar-refractivity contribution in [2.75, 3.05) is 33.0 Å². The smallest absolute Gasteiger partial charge is 0.259 e. The molecule has 0 radical (unpaired) electrons. The van der Waals surface area contributed by atoms with E-state index in [9.17, 15) is 4.79 Å². The molecule has 2 aliphatic rings. The second kappa shape index (κ2) is 7.60. The molecular formula is C22H21N3O4. The second-order valence-electron chi connectivity index (χ2n) is 7.19. The minimum Gasteiger partial charge on any atom is -0.454 e. The number of hydrogen-bond acceptors (Lipinski definition) is 6. The second-order valence-corrected chi connectivity index (χ2v) is 7.19. The van der Waals surface area contributed by atoms with Crippen LogP contribution in [0.2, 0.25) is 0 Å². The van der Waals surface area contributed by atoms with Crippen LogP contribution in [0.5, 0.6) is 11.5 Å². The first-order chi connectivity index (χ1) is 14.3. The van der Waals surface area contributed by atoms with Gasteiger partial charge < -0.3 is 18.9 Å². The predicted molar refractivity (Wildman–Crippen MR) is 106 cm³/mol. The summed E-state index contributed by atoms with van der Waals surface area (Å²) in [6.07, 6.45) is 1.52. The molecule has 5 rings (SSSR count). The van der Waals surface area contributed by atoms with Crippen LogP contribution < -0.4 is 9.47 Å². The van der Waals surface area contributed by atoms with E-state index in [0.717, 1.165) is 36.7 Å². The lowest BCUT2D eigenvalue weighted by molar-refractivity contribution is 0.0628. The van der Waals surface area contributed by atoms with Crippen molar-refractivity contribution in [1.29, 1.82) is 0 Å². The van der Waals surface area contributed by atoms with Gasteiger partial charge in [-0.3, -0.25) is 9.69 Å². The lowest BCUT2D eigenvalue weighted by Gasteiger charge is -2.34. The number of carbonyl (C=O) groups is 1. The number of fused-ring (bicyclic) bond motifs is 1. The summed E-state index contributed by atoms with van der Waals surface area (Å²) >= 11 is 0. The molecule has 29 heavy (non-hydrogen) atoms. The summed E-state index contributed by atoms with van der Waals surface area (Å²) in [6, 6.07) is 15.6. The van der Waals surface area contributed by atoms with Gasteiger partial charge in [0.2, 0.25) is 6.79 Å². The van der Waals surface area contributed by atoms with Crippen molar-refractivity contribution >= 4 is 5.91 Å². The summed E-state index contributed by atoms with van der Waals surface area (Å²) in [7, 11) is 0. The molecule has 1 aromatic heterocycles. The summed E-state index contributed by atoms with van der Waals surface area (Å²) in [5.41, 5.74) is 2.55. The molecule has 1 amide bonds. The predicted octanol–water partition coefficient (Wildman–Crippen LogP) is 3.03. The van der Waals surface area contributed by atoms with Gasteiger partial charge in [-0.2, -0.15) is 0 Å². The van der Waals surface area contributed by atoms with E-state index in [4.69, 9.17) is 14.0 Å². The van der Waals surface area contributed by atoms with E-state index in [1.165, 1.54) is 11.8 Å². The van der Waals surface area contributed by atoms with Crippen molar-refractivity contribution in [3.05, 3.63) is 65.9 Å². The number of ether oxygens (including phenoxy) is 2. The highest BCUT2D eigenvalue weighted by Gasteiger charge is 2.26. The van der Waals surface area contributed by atoms with Gasteiger partial charge in [-0.15, -0.1) is 0 Å². The summed E-state index contributed by atoms with van der Waals surface area (Å²) < 4.78 is 16.2. The fraction of sp³-hybridized carbons (Fsp3) is 0.273. The van der Waals surface area contributed by atoms with Crippen molar-refractivity contribution in [3.8, 4) is 22.8 Å². The van der Waals surface area contributed by atoms with Crippen molar-refractivity contribution in [3.63, 3.8) is 0 Å². The first-order valence-electron chi connectivity index (χ1n) is 9.68. The number of nitrogens with zero attached hydrogens (tertiary/aromatic N) is 3. The standard InChI is InChI=1S/C22H21N3O4/c26-22(18-13-23-29-21(18)17-4-2-1-3-5-17)25-10-8-24(9-11-25)14-16-6-7-19-20(12-16)28-15-27-19/h1-7,12-13H,8-11,14-15H2. The van der Waals surface area contributed by atoms with Gasteiger partial charge in [-0.05, 0) is 17.7 Å². The molecule has 0 aliphatic carbocycles. The molecule has 0 N–H and O–H groups in total. The molecule has 2 aromatic carbocycles. The van der Waals surface area contributed by atoms with E-state index in [0.29, 0.717) is 24.4 Å². The molecule has 2 aliphatic heterocycles. The van der Waals surface area contributed by atoms with Crippen LogP contribution in [-0.4, -0.2) is 53.8 Å². The molecule has 0 unspecified atom stereocenters. The molecule has 7 heteroatoms. The molecule has 1 saturated heterocycles. The molecule has 0 bridgehead atoms. The highest BCUT2D eigenvalue weighted by atomic mass is 16.7. The Hall–Kier alpha value is -3.32. The monoisotopic (exact) mass is 391 g/mol. The SMILES string of the molecule is O=C(c1cnoc1-c1ccccc1)N1CCN(Cc2ccc3c(c2)OCO3)CC1. The van der Waals surface area contributed by atoms with Gasteiger partial charge in [0.05, 0.1) is 6.20 Å². The van der Waals surface area contributed by atoms with Crippen molar-refractivity contribution in [2.24, 2.45) is 0 Å². The molecule has 3 aromatic rings. The van der Waals surface area contributed by atoms with Crippen LogP contribution in [0.25, 0.3) is 11.3 Å². The van der Waals surface area contributed by atoms with E-state index in [1.807, 2.05) is 47.4 Å². The van der Waals surface area contributed by atoms with Crippen LogP contribution in [0.15, 0.2) is 59.3 Å². The molecule has 0 atom stereocenters. The maximum atomic E-state index is 13.0. The van der Waals surface area contributed by atoms with Gasteiger partial charge in [0, 0.05) is 38.3 Å². The molecule has 0 saturated carbocycles. The zero-order chi connectivity index (χ0) is 19.6. The zero-order valence-corrected chi connectivity index (χ0v) is 15.9. The highest BCUT2D eigenvalue weighted by molar-refractivity contribution is 5.99. The lowest BCUT2D eigenvalue weighted by Crippen LogP contribution is -2.48. The third-order valence-corrected chi connectivity index (χ3v) is 5.34. The maximum Gasteiger partial charge on any atom is 0.259 e. The van der Waals surface area contributed by atoms with Crippen LogP contribution in [0, 0.1) is 0 Å². The van der Waals surface area contributed by atoms with E-state index < -0.39 is 0 Å². The van der Waals surface area contributed by atoms with Crippen LogP contribution in [0.4, 0.5) is 0 Å². The third kappa shape index (κ3) is 3.56. The van der Waals surface area contributed by atoms with E-state index in [2.05, 4.69) is 16.1 Å². The van der Waals surface area contributed by atoms with Crippen molar-refractivity contribution < 1.29 is 18.8 Å². The lowest BCUT2D eigenvalue weighted by atomic mass is 10.1. The fourth-order valence-corrected chi connectivity index (χ4v) is 3.77. The summed E-state index contributed by atoms with van der Waals surface area (Å²) in [6.45, 7) is 4.07. The van der Waals surface area contributed by atoms with Gasteiger partial charge in [-0.1, -0.05) is 41.6 Å². The number of hydrogen-bond donors (Lipinski definition) is 0. The maximum absolute atomic E-state index is 13.0. The largest absolute Gasteiger partial charge is 0.454 e. The van der Waals surface area contributed by atoms with Gasteiger partial charge in [-0.25, -0.2) is 0 Å². The molecule has 3 heterocycles. The number of carbonyl (C=O) groups excluding carboxylic acids is 1. The Bertz CT molecular complexity index is 1010. The third-order valence-electron chi connectivity index (χ3n) is 5.34. The van der Waals surface area contributed by atoms with E-state index in [-0.39, 0.29) is 12.7 Å². The van der Waals surface area contributed by atoms with Crippen LogP contribution in [0.1, 0.15) is 15.9 Å². The molecule has 1 fully saturated rings. The average Bonchev–Trinajstić information content (AvgIpc) is 3.44. The number of aromatic nitrogens is 1. The Labute approximate surface area is 168 Å². The van der Waals surface area contributed by atoms with Crippen LogP contribution in [-0.2, 0) is 6.54 Å². The number of piperazine rings is 1. The van der Waals surface area contributed by atoms with E-state index in [1.54, 1.807) is 0 Å². The Morgan fingerprint density at radius 3 is 2.59 bits per heavy atom. The van der Waals surface area contributed by atoms with Gasteiger partial charge in [0.25, 0.3) is 5.91 Å². The van der Waals surface area contributed by atoms with Crippen LogP contribution >= 0.6 is 0 Å². The number of amides is 1. The molecule has 0 spiro atoms. The fourth-order valence-electron chi connectivity index (χ4n) is 3.77. The molecular weight excluding hydrogens is 370 g/mol. The van der Waals surface area contributed by atoms with Gasteiger partial charge in [0.15, 0.2) is 17.3 Å². The van der Waals surface area contributed by atoms with Crippen molar-refractivity contribution in [1.82, 2.24) is 15.0 Å². The minimum absolute atomic E-state index is 0.0344. The average molecular weight is 391 g/mol. The summed E-state index contributed by atoms with van der Waals surface area (Å²) in [5, 5.41) is 3.86. The normalized spacial score (nSPS) is 16.2. The minimum atomic E-state index is -0.0344. The topological polar surface area (TPSA) is 68.0 Å². The zero-order valence-electron chi connectivity index (χ0n) is 15.9. The molecule has 7 nitrogen and oxygen atoms in total. The molecule has 148 valence electrons. The summed E-state index contributed by atoms with van der Waals surface area (Å²) in [5.74, 6) is 2.09. The Morgan fingerprint density at radius 2 is 1.76 bits per heavy atom. The quantitative estimate of drug-likeness (QED) is 0.681. The van der Waals surface area contributed by atoms with Crippen molar-refractivity contribution in [2.45, 2.75) is 6.54 Å². The number of benzene rings is 2. The van der Waals surface area contributed by atoms with Gasteiger partial charge in [0.1, 0.15) is 5.56 Å². The Balaban J connectivity index is 1.22. The first kappa shape index (κ1) is 17.8. The summed E-state index contributed by atoms with van der Waals surface area (Å²) in [4.78, 5) is 17.2.